The molecule has 136 valence electrons. The molecule has 0 unspecified atom stereocenters. The van der Waals surface area contributed by atoms with Gasteiger partial charge >= 0.3 is 7.82 Å². The average molecular weight is 375 g/mol. The summed E-state index contributed by atoms with van der Waals surface area (Å²) < 4.78 is 34.9. The van der Waals surface area contributed by atoms with Gasteiger partial charge in [-0.05, 0) is 41.5 Å². The number of rotatable bonds is 6. The summed E-state index contributed by atoms with van der Waals surface area (Å²) in [5.41, 5.74) is -0.264. The quantitative estimate of drug-likeness (QED) is 0.527. The number of hydrogen-bond donors (Lipinski definition) is 0. The van der Waals surface area contributed by atoms with Gasteiger partial charge in [0.15, 0.2) is 5.06 Å². The van der Waals surface area contributed by atoms with Gasteiger partial charge in [0.2, 0.25) is 6.79 Å². The molecule has 2 heterocycles. The summed E-state index contributed by atoms with van der Waals surface area (Å²) in [4.78, 5) is 5.48. The molecule has 0 atom stereocenters. The molecule has 2 rings (SSSR count). The van der Waals surface area contributed by atoms with Gasteiger partial charge in [0.25, 0.3) is 0 Å². The van der Waals surface area contributed by atoms with Crippen molar-refractivity contribution in [2.24, 2.45) is 4.99 Å². The maximum atomic E-state index is 12.9. The van der Waals surface area contributed by atoms with Crippen LogP contribution in [0.2, 0.25) is 0 Å². The monoisotopic (exact) mass is 375 g/mol. The fraction of sp³-hybridized carbons (Fsp3) is 0.688. The lowest BCUT2D eigenvalue weighted by Crippen LogP contribution is -2.25. The third-order valence-electron chi connectivity index (χ3n) is 2.70. The van der Waals surface area contributed by atoms with Gasteiger partial charge in [-0.3, -0.25) is 14.0 Å². The summed E-state index contributed by atoms with van der Waals surface area (Å²) in [6, 6.07) is 1.91. The van der Waals surface area contributed by atoms with Crippen LogP contribution >= 0.6 is 19.2 Å². The smallest absolute Gasteiger partial charge is 0.457 e. The van der Waals surface area contributed by atoms with Gasteiger partial charge in [0, 0.05) is 35.7 Å². The van der Waals surface area contributed by atoms with Crippen molar-refractivity contribution in [3.63, 3.8) is 0 Å². The molecule has 0 N–H and O–H groups in total. The second-order valence-corrected chi connectivity index (χ2v) is 10.1. The Hall–Kier alpha value is -0.720. The van der Waals surface area contributed by atoms with Crippen LogP contribution in [0.5, 0.6) is 5.06 Å². The van der Waals surface area contributed by atoms with Crippen LogP contribution in [0.25, 0.3) is 0 Å². The number of ether oxygens (including phenoxy) is 1. The van der Waals surface area contributed by atoms with Gasteiger partial charge in [0.1, 0.15) is 0 Å². The minimum atomic E-state index is -3.75. The van der Waals surface area contributed by atoms with E-state index < -0.39 is 19.0 Å². The van der Waals surface area contributed by atoms with Crippen LogP contribution in [-0.2, 0) is 24.6 Å². The molecule has 0 aromatic carbocycles. The van der Waals surface area contributed by atoms with Crippen LogP contribution < -0.4 is 4.74 Å². The molecular weight excluding hydrogens is 349 g/mol. The molecule has 1 aromatic heterocycles. The van der Waals surface area contributed by atoms with Crippen molar-refractivity contribution in [1.29, 1.82) is 0 Å². The Morgan fingerprint density at radius 1 is 1.17 bits per heavy atom. The Labute approximate surface area is 147 Å². The Bertz CT molecular complexity index is 622. The Kier molecular flexibility index (Phi) is 5.93. The Morgan fingerprint density at radius 2 is 1.79 bits per heavy atom. The molecule has 0 bridgehead atoms. The summed E-state index contributed by atoms with van der Waals surface area (Å²) in [6.07, 6.45) is 2.76. The number of phosphoric acid groups is 1. The fourth-order valence-electron chi connectivity index (χ4n) is 2.01. The topological polar surface area (TPSA) is 66.4 Å². The van der Waals surface area contributed by atoms with Crippen molar-refractivity contribution < 1.29 is 22.9 Å². The molecule has 0 saturated heterocycles. The van der Waals surface area contributed by atoms with Gasteiger partial charge in [0.05, 0.1) is 11.2 Å². The Balaban J connectivity index is 1.98. The van der Waals surface area contributed by atoms with E-state index in [1.807, 2.05) is 12.3 Å². The van der Waals surface area contributed by atoms with Gasteiger partial charge in [-0.1, -0.05) is 0 Å². The first-order valence-electron chi connectivity index (χ1n) is 7.87. The van der Waals surface area contributed by atoms with E-state index in [1.54, 1.807) is 52.9 Å². The normalized spacial score (nSPS) is 15.4. The lowest BCUT2D eigenvalue weighted by atomic mass is 10.2. The molecular formula is C16H26NO5PS. The van der Waals surface area contributed by atoms with Crippen LogP contribution in [-0.4, -0.2) is 30.8 Å². The number of aliphatic imine (C=N–C) groups is 1. The summed E-state index contributed by atoms with van der Waals surface area (Å²) in [6.45, 7) is 11.4. The van der Waals surface area contributed by atoms with E-state index >= 15 is 0 Å². The molecule has 0 spiro atoms. The van der Waals surface area contributed by atoms with E-state index in [2.05, 4.69) is 4.99 Å². The first-order chi connectivity index (χ1) is 11.0. The first kappa shape index (κ1) is 19.6. The molecule has 1 aliphatic heterocycles. The van der Waals surface area contributed by atoms with Gasteiger partial charge in [-0.25, -0.2) is 9.09 Å². The molecule has 8 heteroatoms. The second kappa shape index (κ2) is 7.26. The zero-order chi connectivity index (χ0) is 18.0. The van der Waals surface area contributed by atoms with Gasteiger partial charge in [-0.2, -0.15) is 0 Å². The van der Waals surface area contributed by atoms with Crippen LogP contribution in [0, 0.1) is 0 Å². The van der Waals surface area contributed by atoms with Crippen molar-refractivity contribution in [3.05, 3.63) is 16.5 Å². The van der Waals surface area contributed by atoms with Gasteiger partial charge in [-0.15, -0.1) is 11.3 Å². The van der Waals surface area contributed by atoms with E-state index in [0.717, 1.165) is 18.5 Å². The molecule has 0 saturated carbocycles. The predicted molar refractivity (Wildman–Crippen MR) is 96.3 cm³/mol. The number of nitrogens with zero attached hydrogens (tertiary/aromatic N) is 1. The molecule has 0 aliphatic carbocycles. The van der Waals surface area contributed by atoms with E-state index in [-0.39, 0.29) is 6.79 Å². The van der Waals surface area contributed by atoms with Crippen LogP contribution in [0.4, 0.5) is 0 Å². The standard InChI is InChI=1S/C16H26NO5PS/c1-15(2,3)21-23(18,22-16(4,5)6)20-11-19-14-9-12-10-17-8-7-13(12)24-14/h9-10H,7-8,11H2,1-6H3. The maximum Gasteiger partial charge on any atom is 0.478 e. The summed E-state index contributed by atoms with van der Waals surface area (Å²) in [7, 11) is -3.75. The van der Waals surface area contributed by atoms with E-state index in [9.17, 15) is 4.57 Å². The average Bonchev–Trinajstić information content (AvgIpc) is 2.76. The van der Waals surface area contributed by atoms with Crippen molar-refractivity contribution >= 4 is 25.4 Å². The highest BCUT2D eigenvalue weighted by Gasteiger charge is 2.37. The summed E-state index contributed by atoms with van der Waals surface area (Å²) in [5.74, 6) is 0. The third-order valence-corrected chi connectivity index (χ3v) is 5.79. The predicted octanol–water partition coefficient (Wildman–Crippen LogP) is 4.81. The summed E-state index contributed by atoms with van der Waals surface area (Å²) >= 11 is 1.55. The fourth-order valence-corrected chi connectivity index (χ4v) is 4.64. The van der Waals surface area contributed by atoms with Crippen molar-refractivity contribution in [1.82, 2.24) is 0 Å². The zero-order valence-electron chi connectivity index (χ0n) is 15.1. The number of hydrogen-bond acceptors (Lipinski definition) is 7. The minimum absolute atomic E-state index is 0.208. The molecule has 24 heavy (non-hydrogen) atoms. The van der Waals surface area contributed by atoms with E-state index in [0.29, 0.717) is 5.06 Å². The number of thiophene rings is 1. The SMILES string of the molecule is CC(C)(C)OP(=O)(OCOc1cc2c(s1)CCN=C2)OC(C)(C)C. The highest BCUT2D eigenvalue weighted by Crippen LogP contribution is 2.55. The minimum Gasteiger partial charge on any atom is -0.457 e. The maximum absolute atomic E-state index is 12.9. The van der Waals surface area contributed by atoms with Crippen molar-refractivity contribution in [2.45, 2.75) is 59.2 Å². The zero-order valence-corrected chi connectivity index (χ0v) is 16.8. The van der Waals surface area contributed by atoms with Gasteiger partial charge < -0.3 is 4.74 Å². The lowest BCUT2D eigenvalue weighted by molar-refractivity contribution is -0.0183. The number of phosphoric ester groups is 1. The molecule has 0 amide bonds. The third kappa shape index (κ3) is 6.30. The van der Waals surface area contributed by atoms with Crippen LogP contribution in [0.3, 0.4) is 0 Å². The van der Waals surface area contributed by atoms with Crippen LogP contribution in [0.15, 0.2) is 11.1 Å². The molecule has 0 fully saturated rings. The largest absolute Gasteiger partial charge is 0.478 e. The van der Waals surface area contributed by atoms with Crippen molar-refractivity contribution in [2.75, 3.05) is 13.3 Å². The molecule has 1 aromatic rings. The molecule has 1 aliphatic rings. The molecule has 0 radical (unpaired) electrons. The van der Waals surface area contributed by atoms with E-state index in [1.165, 1.54) is 4.88 Å². The lowest BCUT2D eigenvalue weighted by Gasteiger charge is -2.30. The van der Waals surface area contributed by atoms with E-state index in [4.69, 9.17) is 18.3 Å². The molecule has 6 nitrogen and oxygen atoms in total. The van der Waals surface area contributed by atoms with Crippen LogP contribution in [0.1, 0.15) is 52.0 Å². The van der Waals surface area contributed by atoms with Crippen molar-refractivity contribution in [3.8, 4) is 5.06 Å². The first-order valence-corrected chi connectivity index (χ1v) is 10.1. The number of fused-ring (bicyclic) bond motifs is 1. The Morgan fingerprint density at radius 3 is 2.33 bits per heavy atom. The highest BCUT2D eigenvalue weighted by molar-refractivity contribution is 7.48. The second-order valence-electron chi connectivity index (χ2n) is 7.48. The highest BCUT2D eigenvalue weighted by atomic mass is 32.1. The summed E-state index contributed by atoms with van der Waals surface area (Å²) in [5, 5.41) is 0.700.